The Morgan fingerprint density at radius 3 is 3.00 bits per heavy atom. The summed E-state index contributed by atoms with van der Waals surface area (Å²) in [5.74, 6) is 1.86. The highest BCUT2D eigenvalue weighted by Gasteiger charge is 2.14. The van der Waals surface area contributed by atoms with Crippen LogP contribution in [0.3, 0.4) is 0 Å². The van der Waals surface area contributed by atoms with Crippen molar-refractivity contribution in [2.45, 2.75) is 19.9 Å². The number of halogens is 1. The molecular weight excluding hydrogens is 296 g/mol. The topological polar surface area (TPSA) is 24.4 Å². The van der Waals surface area contributed by atoms with Crippen LogP contribution in [0.4, 0.5) is 0 Å². The van der Waals surface area contributed by atoms with Crippen molar-refractivity contribution in [1.29, 1.82) is 0 Å². The standard InChI is InChI=1S/C13H17BrN2S/c1-9-7-15-13(17-8-9)16-10(2)11-4-3-5-12(14)6-11/h3-6,9-10H,7-8H2,1-2H3,(H,15,16). The highest BCUT2D eigenvalue weighted by atomic mass is 79.9. The predicted molar refractivity (Wildman–Crippen MR) is 79.6 cm³/mol. The van der Waals surface area contributed by atoms with E-state index in [0.29, 0.717) is 12.0 Å². The zero-order chi connectivity index (χ0) is 12.3. The number of benzene rings is 1. The molecule has 1 aliphatic heterocycles. The molecule has 1 aromatic rings. The van der Waals surface area contributed by atoms with Crippen molar-refractivity contribution < 1.29 is 0 Å². The van der Waals surface area contributed by atoms with Gasteiger partial charge in [-0.05, 0) is 30.5 Å². The van der Waals surface area contributed by atoms with Crippen LogP contribution in [0, 0.1) is 5.92 Å². The molecule has 1 N–H and O–H groups in total. The quantitative estimate of drug-likeness (QED) is 0.897. The van der Waals surface area contributed by atoms with E-state index in [2.05, 4.69) is 58.3 Å². The van der Waals surface area contributed by atoms with Crippen LogP contribution in [0.15, 0.2) is 33.7 Å². The highest BCUT2D eigenvalue weighted by Crippen LogP contribution is 2.21. The second kappa shape index (κ2) is 5.91. The van der Waals surface area contributed by atoms with Crippen LogP contribution < -0.4 is 5.32 Å². The number of rotatable bonds is 2. The maximum Gasteiger partial charge on any atom is 0.157 e. The van der Waals surface area contributed by atoms with Crippen LogP contribution in [0.2, 0.25) is 0 Å². The molecule has 0 aromatic heterocycles. The van der Waals surface area contributed by atoms with Gasteiger partial charge in [-0.25, -0.2) is 0 Å². The molecule has 4 heteroatoms. The number of aliphatic imine (C=N–C) groups is 1. The Morgan fingerprint density at radius 1 is 1.53 bits per heavy atom. The summed E-state index contributed by atoms with van der Waals surface area (Å²) in [7, 11) is 0. The van der Waals surface area contributed by atoms with Gasteiger partial charge < -0.3 is 5.32 Å². The van der Waals surface area contributed by atoms with Gasteiger partial charge >= 0.3 is 0 Å². The average Bonchev–Trinajstić information content (AvgIpc) is 2.32. The van der Waals surface area contributed by atoms with Crippen LogP contribution in [-0.2, 0) is 0 Å². The third-order valence-corrected chi connectivity index (χ3v) is 4.49. The van der Waals surface area contributed by atoms with Gasteiger partial charge in [0.2, 0.25) is 0 Å². The van der Waals surface area contributed by atoms with Crippen molar-refractivity contribution in [2.24, 2.45) is 10.9 Å². The van der Waals surface area contributed by atoms with Crippen LogP contribution >= 0.6 is 27.7 Å². The normalized spacial score (nSPS) is 21.8. The predicted octanol–water partition coefficient (Wildman–Crippen LogP) is 3.84. The summed E-state index contributed by atoms with van der Waals surface area (Å²) in [4.78, 5) is 4.56. The maximum absolute atomic E-state index is 4.56. The fourth-order valence-electron chi connectivity index (χ4n) is 1.69. The van der Waals surface area contributed by atoms with Gasteiger partial charge in [-0.2, -0.15) is 0 Å². The fourth-order valence-corrected chi connectivity index (χ4v) is 3.08. The molecule has 92 valence electrons. The van der Waals surface area contributed by atoms with E-state index in [-0.39, 0.29) is 0 Å². The molecule has 0 fully saturated rings. The zero-order valence-electron chi connectivity index (χ0n) is 10.1. The van der Waals surface area contributed by atoms with E-state index in [4.69, 9.17) is 0 Å². The van der Waals surface area contributed by atoms with Crippen LogP contribution in [0.25, 0.3) is 0 Å². The van der Waals surface area contributed by atoms with E-state index in [1.54, 1.807) is 0 Å². The van der Waals surface area contributed by atoms with Gasteiger partial charge in [-0.1, -0.05) is 46.7 Å². The molecule has 1 aliphatic rings. The molecule has 0 bridgehead atoms. The lowest BCUT2D eigenvalue weighted by atomic mass is 10.1. The summed E-state index contributed by atoms with van der Waals surface area (Å²) in [5.41, 5.74) is 1.28. The summed E-state index contributed by atoms with van der Waals surface area (Å²) in [6.07, 6.45) is 0. The molecule has 0 spiro atoms. The van der Waals surface area contributed by atoms with Gasteiger partial charge in [0, 0.05) is 16.8 Å². The Labute approximate surface area is 115 Å². The summed E-state index contributed by atoms with van der Waals surface area (Å²) in [6.45, 7) is 5.36. The minimum Gasteiger partial charge on any atom is -0.358 e. The fraction of sp³-hybridized carbons (Fsp3) is 0.462. The third kappa shape index (κ3) is 3.75. The molecule has 0 aliphatic carbocycles. The molecule has 0 radical (unpaired) electrons. The molecule has 0 saturated heterocycles. The van der Waals surface area contributed by atoms with Crippen LogP contribution in [-0.4, -0.2) is 17.5 Å². The van der Waals surface area contributed by atoms with Crippen molar-refractivity contribution in [3.63, 3.8) is 0 Å². The molecule has 0 amide bonds. The largest absolute Gasteiger partial charge is 0.358 e. The van der Waals surface area contributed by atoms with Gasteiger partial charge in [0.15, 0.2) is 5.17 Å². The minimum absolute atomic E-state index is 0.298. The Bertz CT molecular complexity index is 420. The Morgan fingerprint density at radius 2 is 2.35 bits per heavy atom. The number of thioether (sulfide) groups is 1. The van der Waals surface area contributed by atoms with Gasteiger partial charge in [0.1, 0.15) is 0 Å². The number of hydrogen-bond donors (Lipinski definition) is 1. The summed E-state index contributed by atoms with van der Waals surface area (Å²) >= 11 is 5.33. The summed E-state index contributed by atoms with van der Waals surface area (Å²) in [6, 6.07) is 8.69. The number of nitrogens with one attached hydrogen (secondary N) is 1. The van der Waals surface area contributed by atoms with E-state index in [9.17, 15) is 0 Å². The van der Waals surface area contributed by atoms with E-state index >= 15 is 0 Å². The van der Waals surface area contributed by atoms with Gasteiger partial charge in [-0.15, -0.1) is 0 Å². The van der Waals surface area contributed by atoms with Crippen molar-refractivity contribution in [3.05, 3.63) is 34.3 Å². The Hall–Kier alpha value is -0.480. The molecule has 2 rings (SSSR count). The smallest absolute Gasteiger partial charge is 0.157 e. The van der Waals surface area contributed by atoms with Gasteiger partial charge in [-0.3, -0.25) is 4.99 Å². The first-order valence-corrected chi connectivity index (χ1v) is 7.62. The van der Waals surface area contributed by atoms with Gasteiger partial charge in [0.25, 0.3) is 0 Å². The van der Waals surface area contributed by atoms with Crippen molar-refractivity contribution in [3.8, 4) is 0 Å². The molecular formula is C13H17BrN2S. The monoisotopic (exact) mass is 312 g/mol. The van der Waals surface area contributed by atoms with Crippen molar-refractivity contribution in [1.82, 2.24) is 5.32 Å². The maximum atomic E-state index is 4.56. The summed E-state index contributed by atoms with van der Waals surface area (Å²) < 4.78 is 1.12. The van der Waals surface area contributed by atoms with Crippen LogP contribution in [0.1, 0.15) is 25.5 Å². The van der Waals surface area contributed by atoms with E-state index < -0.39 is 0 Å². The molecule has 1 heterocycles. The second-order valence-electron chi connectivity index (χ2n) is 4.48. The highest BCUT2D eigenvalue weighted by molar-refractivity contribution is 9.10. The first-order valence-electron chi connectivity index (χ1n) is 5.84. The molecule has 2 atom stereocenters. The number of hydrogen-bond acceptors (Lipinski definition) is 3. The first-order chi connectivity index (χ1) is 8.15. The minimum atomic E-state index is 0.298. The molecule has 1 aromatic carbocycles. The Kier molecular flexibility index (Phi) is 4.51. The average molecular weight is 313 g/mol. The number of nitrogens with zero attached hydrogens (tertiary/aromatic N) is 1. The SMILES string of the molecule is CC1CN=C(NC(C)c2cccc(Br)c2)SC1. The second-order valence-corrected chi connectivity index (χ2v) is 6.41. The molecule has 2 unspecified atom stereocenters. The first kappa shape index (κ1) is 13.0. The van der Waals surface area contributed by atoms with Crippen molar-refractivity contribution in [2.75, 3.05) is 12.3 Å². The lowest BCUT2D eigenvalue weighted by Gasteiger charge is -2.21. The lowest BCUT2D eigenvalue weighted by molar-refractivity contribution is 0.658. The molecule has 17 heavy (non-hydrogen) atoms. The molecule has 2 nitrogen and oxygen atoms in total. The van der Waals surface area contributed by atoms with E-state index in [0.717, 1.165) is 21.9 Å². The Balaban J connectivity index is 1.99. The van der Waals surface area contributed by atoms with E-state index in [1.165, 1.54) is 5.56 Å². The molecule has 0 saturated carbocycles. The third-order valence-electron chi connectivity index (χ3n) is 2.74. The number of amidine groups is 1. The van der Waals surface area contributed by atoms with Crippen molar-refractivity contribution >= 4 is 32.9 Å². The van der Waals surface area contributed by atoms with Gasteiger partial charge in [0.05, 0.1) is 6.04 Å². The summed E-state index contributed by atoms with van der Waals surface area (Å²) in [5, 5.41) is 4.55. The zero-order valence-corrected chi connectivity index (χ0v) is 12.5. The lowest BCUT2D eigenvalue weighted by Crippen LogP contribution is -2.28. The van der Waals surface area contributed by atoms with Crippen LogP contribution in [0.5, 0.6) is 0 Å². The van der Waals surface area contributed by atoms with E-state index in [1.807, 2.05) is 17.8 Å².